The van der Waals surface area contributed by atoms with Crippen LogP contribution >= 0.6 is 0 Å². The largest absolute Gasteiger partial charge is 0.316 e. The van der Waals surface area contributed by atoms with Crippen LogP contribution in [0.15, 0.2) is 0 Å². The molecule has 0 aliphatic carbocycles. The number of nitrogens with one attached hydrogen (secondary N) is 1. The third-order valence-electron chi connectivity index (χ3n) is 2.01. The maximum Gasteiger partial charge on any atom is 0.0960 e. The molecule has 0 aromatic heterocycles. The lowest BCUT2D eigenvalue weighted by Gasteiger charge is -2.30. The van der Waals surface area contributed by atoms with Gasteiger partial charge in [0.05, 0.1) is 6.67 Å². The minimum Gasteiger partial charge on any atom is -0.316 e. The Balaban J connectivity index is 2.37. The number of piperidine rings is 1. The van der Waals surface area contributed by atoms with Gasteiger partial charge in [0.15, 0.2) is 0 Å². The Labute approximate surface area is 55.6 Å². The van der Waals surface area contributed by atoms with Gasteiger partial charge in [-0.05, 0) is 19.4 Å². The number of alkyl halides is 1. The van der Waals surface area contributed by atoms with Gasteiger partial charge in [0.2, 0.25) is 0 Å². The van der Waals surface area contributed by atoms with Gasteiger partial charge in [-0.1, -0.05) is 6.92 Å². The Morgan fingerprint density at radius 3 is 2.78 bits per heavy atom. The van der Waals surface area contributed by atoms with E-state index in [1.807, 2.05) is 6.92 Å². The molecule has 0 bridgehead atoms. The van der Waals surface area contributed by atoms with Crippen LogP contribution in [0.4, 0.5) is 4.39 Å². The van der Waals surface area contributed by atoms with E-state index in [1.165, 1.54) is 0 Å². The predicted octanol–water partition coefficient (Wildman–Crippen LogP) is 1.35. The quantitative estimate of drug-likeness (QED) is 0.566. The fourth-order valence-electron chi connectivity index (χ4n) is 1.23. The van der Waals surface area contributed by atoms with Crippen LogP contribution in [0.5, 0.6) is 0 Å². The fraction of sp³-hybridized carbons (Fsp3) is 1.00. The summed E-state index contributed by atoms with van der Waals surface area (Å²) in [6, 6.07) is 0. The van der Waals surface area contributed by atoms with Crippen LogP contribution in [-0.2, 0) is 0 Å². The minimum atomic E-state index is -0.181. The van der Waals surface area contributed by atoms with Crippen molar-refractivity contribution in [3.63, 3.8) is 0 Å². The second-order valence-electron chi connectivity index (χ2n) is 3.22. The topological polar surface area (TPSA) is 12.0 Å². The molecule has 1 saturated heterocycles. The Kier molecular flexibility index (Phi) is 2.06. The highest BCUT2D eigenvalue weighted by Crippen LogP contribution is 2.25. The summed E-state index contributed by atoms with van der Waals surface area (Å²) in [6.45, 7) is 3.73. The Morgan fingerprint density at radius 1 is 1.67 bits per heavy atom. The first-order chi connectivity index (χ1) is 4.27. The van der Waals surface area contributed by atoms with Crippen molar-refractivity contribution >= 4 is 0 Å². The summed E-state index contributed by atoms with van der Waals surface area (Å²) in [5.41, 5.74) is -0.0573. The van der Waals surface area contributed by atoms with Crippen LogP contribution in [0.1, 0.15) is 19.8 Å². The molecule has 54 valence electrons. The lowest BCUT2D eigenvalue weighted by atomic mass is 9.84. The molecule has 1 atom stereocenters. The molecular formula is C7H14FN. The van der Waals surface area contributed by atoms with Gasteiger partial charge in [-0.15, -0.1) is 0 Å². The summed E-state index contributed by atoms with van der Waals surface area (Å²) in [6.07, 6.45) is 2.16. The van der Waals surface area contributed by atoms with E-state index in [9.17, 15) is 4.39 Å². The lowest BCUT2D eigenvalue weighted by molar-refractivity contribution is 0.177. The molecule has 0 aromatic carbocycles. The summed E-state index contributed by atoms with van der Waals surface area (Å²) < 4.78 is 12.2. The van der Waals surface area contributed by atoms with Crippen molar-refractivity contribution in [2.24, 2.45) is 5.41 Å². The van der Waals surface area contributed by atoms with Gasteiger partial charge in [0.1, 0.15) is 0 Å². The van der Waals surface area contributed by atoms with E-state index in [0.717, 1.165) is 25.9 Å². The highest BCUT2D eigenvalue weighted by molar-refractivity contribution is 4.80. The molecule has 0 aromatic rings. The lowest BCUT2D eigenvalue weighted by Crippen LogP contribution is -2.39. The van der Waals surface area contributed by atoms with Gasteiger partial charge >= 0.3 is 0 Å². The van der Waals surface area contributed by atoms with Crippen molar-refractivity contribution in [1.29, 1.82) is 0 Å². The zero-order valence-corrected chi connectivity index (χ0v) is 5.91. The zero-order valence-electron chi connectivity index (χ0n) is 5.91. The van der Waals surface area contributed by atoms with Crippen molar-refractivity contribution in [3.8, 4) is 0 Å². The van der Waals surface area contributed by atoms with Crippen LogP contribution in [-0.4, -0.2) is 19.8 Å². The molecule has 0 radical (unpaired) electrons. The highest BCUT2D eigenvalue weighted by atomic mass is 19.1. The van der Waals surface area contributed by atoms with E-state index in [0.29, 0.717) is 0 Å². The minimum absolute atomic E-state index is 0.0573. The van der Waals surface area contributed by atoms with Crippen molar-refractivity contribution in [3.05, 3.63) is 0 Å². The van der Waals surface area contributed by atoms with E-state index in [2.05, 4.69) is 5.32 Å². The van der Waals surface area contributed by atoms with Gasteiger partial charge < -0.3 is 5.32 Å². The first-order valence-corrected chi connectivity index (χ1v) is 3.54. The summed E-state index contributed by atoms with van der Waals surface area (Å²) in [5, 5.41) is 3.19. The molecule has 1 fully saturated rings. The van der Waals surface area contributed by atoms with Crippen LogP contribution in [0.3, 0.4) is 0 Å². The standard InChI is InChI=1S/C7H14FN/c1-7(5-8)3-2-4-9-6-7/h9H,2-6H2,1H3. The van der Waals surface area contributed by atoms with Crippen molar-refractivity contribution in [2.45, 2.75) is 19.8 Å². The Hall–Kier alpha value is -0.110. The van der Waals surface area contributed by atoms with E-state index in [-0.39, 0.29) is 12.1 Å². The van der Waals surface area contributed by atoms with E-state index in [1.54, 1.807) is 0 Å². The van der Waals surface area contributed by atoms with Gasteiger partial charge in [-0.2, -0.15) is 0 Å². The Bertz CT molecular complexity index is 86.9. The summed E-state index contributed by atoms with van der Waals surface area (Å²) in [7, 11) is 0. The van der Waals surface area contributed by atoms with Gasteiger partial charge in [0, 0.05) is 12.0 Å². The van der Waals surface area contributed by atoms with Crippen LogP contribution in [0, 0.1) is 5.41 Å². The smallest absolute Gasteiger partial charge is 0.0960 e. The fourth-order valence-corrected chi connectivity index (χ4v) is 1.23. The van der Waals surface area contributed by atoms with E-state index in [4.69, 9.17) is 0 Å². The van der Waals surface area contributed by atoms with Crippen LogP contribution < -0.4 is 5.32 Å². The van der Waals surface area contributed by atoms with Crippen molar-refractivity contribution in [1.82, 2.24) is 5.32 Å². The average molecular weight is 131 g/mol. The van der Waals surface area contributed by atoms with Gasteiger partial charge in [-0.25, -0.2) is 0 Å². The summed E-state index contributed by atoms with van der Waals surface area (Å²) in [4.78, 5) is 0. The third-order valence-corrected chi connectivity index (χ3v) is 2.01. The number of rotatable bonds is 1. The first-order valence-electron chi connectivity index (χ1n) is 3.54. The average Bonchev–Trinajstić information content (AvgIpc) is 1.90. The normalized spacial score (nSPS) is 36.7. The molecule has 1 N–H and O–H groups in total. The predicted molar refractivity (Wildman–Crippen MR) is 36.2 cm³/mol. The number of hydrogen-bond donors (Lipinski definition) is 1. The van der Waals surface area contributed by atoms with Gasteiger partial charge in [0.25, 0.3) is 0 Å². The molecule has 0 saturated carbocycles. The highest BCUT2D eigenvalue weighted by Gasteiger charge is 2.25. The molecule has 2 heteroatoms. The molecule has 1 rings (SSSR count). The SMILES string of the molecule is CC1(CF)CCCNC1. The first kappa shape index (κ1) is 7.00. The number of hydrogen-bond acceptors (Lipinski definition) is 1. The number of halogens is 1. The summed E-state index contributed by atoms with van der Waals surface area (Å²) in [5.74, 6) is 0. The molecule has 1 nitrogen and oxygen atoms in total. The molecule has 1 aliphatic rings. The monoisotopic (exact) mass is 131 g/mol. The zero-order chi connectivity index (χ0) is 6.74. The molecule has 1 unspecified atom stereocenters. The third kappa shape index (κ3) is 1.65. The van der Waals surface area contributed by atoms with Crippen LogP contribution in [0.25, 0.3) is 0 Å². The molecule has 1 aliphatic heterocycles. The van der Waals surface area contributed by atoms with Gasteiger partial charge in [-0.3, -0.25) is 4.39 Å². The second kappa shape index (κ2) is 2.65. The maximum atomic E-state index is 12.2. The van der Waals surface area contributed by atoms with Crippen molar-refractivity contribution < 1.29 is 4.39 Å². The van der Waals surface area contributed by atoms with Crippen molar-refractivity contribution in [2.75, 3.05) is 19.8 Å². The molecule has 0 spiro atoms. The molecule has 0 amide bonds. The Morgan fingerprint density at radius 2 is 2.44 bits per heavy atom. The van der Waals surface area contributed by atoms with E-state index < -0.39 is 0 Å². The molecular weight excluding hydrogens is 117 g/mol. The second-order valence-corrected chi connectivity index (χ2v) is 3.22. The molecule has 1 heterocycles. The molecule has 9 heavy (non-hydrogen) atoms. The van der Waals surface area contributed by atoms with Crippen LogP contribution in [0.2, 0.25) is 0 Å². The summed E-state index contributed by atoms with van der Waals surface area (Å²) >= 11 is 0. The van der Waals surface area contributed by atoms with E-state index >= 15 is 0 Å². The maximum absolute atomic E-state index is 12.2.